The molecule has 14 heavy (non-hydrogen) atoms. The molecule has 0 bridgehead atoms. The summed E-state index contributed by atoms with van der Waals surface area (Å²) in [6, 6.07) is 0. The minimum atomic E-state index is -0.674. The highest BCUT2D eigenvalue weighted by molar-refractivity contribution is 6.43. The number of nitrogens with two attached hydrogens (primary N) is 1. The molecule has 0 aliphatic heterocycles. The van der Waals surface area contributed by atoms with Gasteiger partial charge in [0, 0.05) is 6.08 Å². The van der Waals surface area contributed by atoms with Crippen molar-refractivity contribution in [3.05, 3.63) is 23.7 Å². The normalized spacial score (nSPS) is 12.2. The lowest BCUT2D eigenvalue weighted by molar-refractivity contribution is -0.132. The molecule has 0 aromatic rings. The average molecular weight is 219 g/mol. The third-order valence-corrected chi connectivity index (χ3v) is 1.24. The van der Waals surface area contributed by atoms with Crippen molar-refractivity contribution in [2.75, 3.05) is 14.2 Å². The van der Waals surface area contributed by atoms with Crippen LogP contribution < -0.4 is 5.73 Å². The van der Waals surface area contributed by atoms with E-state index in [0.717, 1.165) is 0 Å². The van der Waals surface area contributed by atoms with E-state index in [0.29, 0.717) is 0 Å². The number of methoxy groups -OCH3 is 2. The van der Waals surface area contributed by atoms with E-state index < -0.39 is 5.97 Å². The van der Waals surface area contributed by atoms with Crippen molar-refractivity contribution in [2.45, 2.75) is 0 Å². The summed E-state index contributed by atoms with van der Waals surface area (Å²) in [7, 11) is 2.57. The van der Waals surface area contributed by atoms with Gasteiger partial charge in [-0.25, -0.2) is 9.79 Å². The second-order valence-electron chi connectivity index (χ2n) is 2.12. The Labute approximate surface area is 86.8 Å². The molecule has 0 atom stereocenters. The number of carbonyl (C=O) groups excluding carboxylic acids is 1. The number of hydrogen-bond donors (Lipinski definition) is 1. The molecule has 0 fully saturated rings. The van der Waals surface area contributed by atoms with Crippen LogP contribution in [0.5, 0.6) is 0 Å². The summed E-state index contributed by atoms with van der Waals surface area (Å²) in [6.07, 6.45) is 1.19. The number of ether oxygens (including phenoxy) is 2. The summed E-state index contributed by atoms with van der Waals surface area (Å²) in [4.78, 5) is 14.7. The van der Waals surface area contributed by atoms with E-state index in [1.165, 1.54) is 20.3 Å². The molecule has 0 aliphatic carbocycles. The van der Waals surface area contributed by atoms with Crippen molar-refractivity contribution in [1.29, 1.82) is 0 Å². The molecule has 0 spiro atoms. The lowest BCUT2D eigenvalue weighted by Gasteiger charge is -2.01. The molecule has 0 radical (unpaired) electrons. The first kappa shape index (κ1) is 12.5. The Kier molecular flexibility index (Phi) is 5.40. The Morgan fingerprint density at radius 1 is 1.50 bits per heavy atom. The molecule has 0 saturated heterocycles. The predicted molar refractivity (Wildman–Crippen MR) is 53.7 cm³/mol. The van der Waals surface area contributed by atoms with Gasteiger partial charge in [-0.1, -0.05) is 18.2 Å². The number of carbonyl (C=O) groups is 1. The maximum absolute atomic E-state index is 11.1. The molecule has 5 nitrogen and oxygen atoms in total. The van der Waals surface area contributed by atoms with Gasteiger partial charge in [0.2, 0.25) is 0 Å². The molecule has 0 unspecified atom stereocenters. The largest absolute Gasteiger partial charge is 0.483 e. The fraction of sp³-hybridized carbons (Fsp3) is 0.250. The van der Waals surface area contributed by atoms with E-state index in [2.05, 4.69) is 21.0 Å². The van der Waals surface area contributed by atoms with Crippen LogP contribution in [0.3, 0.4) is 0 Å². The van der Waals surface area contributed by atoms with Gasteiger partial charge in [0.25, 0.3) is 0 Å². The highest BCUT2D eigenvalue weighted by Gasteiger charge is 2.10. The summed E-state index contributed by atoms with van der Waals surface area (Å²) in [5.74, 6) is -0.654. The average Bonchev–Trinajstić information content (AvgIpc) is 2.14. The van der Waals surface area contributed by atoms with Crippen molar-refractivity contribution in [3.8, 4) is 0 Å². The van der Waals surface area contributed by atoms with Gasteiger partial charge >= 0.3 is 5.97 Å². The quantitative estimate of drug-likeness (QED) is 0.327. The Hall–Kier alpha value is -1.49. The number of hydrogen-bond acceptors (Lipinski definition) is 5. The van der Waals surface area contributed by atoms with Crippen LogP contribution in [0.15, 0.2) is 28.7 Å². The van der Waals surface area contributed by atoms with Crippen LogP contribution in [0, 0.1) is 0 Å². The van der Waals surface area contributed by atoms with Gasteiger partial charge in [-0.15, -0.1) is 0 Å². The summed E-state index contributed by atoms with van der Waals surface area (Å²) >= 11 is 5.40. The standard InChI is InChI=1S/C8H11ClN2O3/c1-5(9)11-6(8(12)14-3)4-7(10)13-2/h4H,1,10H2,2-3H3/b7-4+,11-6?. The fourth-order valence-electron chi connectivity index (χ4n) is 0.566. The second-order valence-corrected chi connectivity index (χ2v) is 2.55. The predicted octanol–water partition coefficient (Wildman–Crippen LogP) is 0.757. The maximum atomic E-state index is 11.1. The highest BCUT2D eigenvalue weighted by Crippen LogP contribution is 2.01. The third kappa shape index (κ3) is 4.51. The van der Waals surface area contributed by atoms with Gasteiger partial charge < -0.3 is 15.2 Å². The molecule has 0 aromatic heterocycles. The molecular formula is C8H11ClN2O3. The highest BCUT2D eigenvalue weighted by atomic mass is 35.5. The van der Waals surface area contributed by atoms with Gasteiger partial charge in [0.15, 0.2) is 11.6 Å². The SMILES string of the molecule is C=C(Cl)N=C(/C=C(\N)OC)C(=O)OC. The lowest BCUT2D eigenvalue weighted by atomic mass is 10.3. The van der Waals surface area contributed by atoms with E-state index in [1.807, 2.05) is 0 Å². The zero-order chi connectivity index (χ0) is 11.1. The van der Waals surface area contributed by atoms with Gasteiger partial charge in [-0.05, 0) is 0 Å². The molecular weight excluding hydrogens is 208 g/mol. The number of aliphatic imine (C=N–C) groups is 1. The van der Waals surface area contributed by atoms with E-state index in [1.54, 1.807) is 0 Å². The van der Waals surface area contributed by atoms with E-state index in [-0.39, 0.29) is 16.8 Å². The van der Waals surface area contributed by atoms with Crippen LogP contribution in [0.2, 0.25) is 0 Å². The van der Waals surface area contributed by atoms with Gasteiger partial charge in [0.05, 0.1) is 14.2 Å². The first-order valence-corrected chi connectivity index (χ1v) is 3.91. The molecule has 0 rings (SSSR count). The third-order valence-electron chi connectivity index (χ3n) is 1.15. The van der Waals surface area contributed by atoms with E-state index in [4.69, 9.17) is 17.3 Å². The summed E-state index contributed by atoms with van der Waals surface area (Å²) in [5.41, 5.74) is 5.24. The van der Waals surface area contributed by atoms with Gasteiger partial charge in [-0.2, -0.15) is 0 Å². The van der Waals surface area contributed by atoms with Crippen molar-refractivity contribution < 1.29 is 14.3 Å². The van der Waals surface area contributed by atoms with Crippen LogP contribution in [0.1, 0.15) is 0 Å². The molecule has 2 N–H and O–H groups in total. The number of rotatable bonds is 4. The van der Waals surface area contributed by atoms with Crippen molar-refractivity contribution in [1.82, 2.24) is 0 Å². The van der Waals surface area contributed by atoms with Crippen molar-refractivity contribution in [2.24, 2.45) is 10.7 Å². The number of esters is 1. The summed E-state index contributed by atoms with van der Waals surface area (Å²) in [6.45, 7) is 3.30. The fourth-order valence-corrected chi connectivity index (χ4v) is 0.657. The Bertz CT molecular complexity index is 297. The Morgan fingerprint density at radius 2 is 2.07 bits per heavy atom. The van der Waals surface area contributed by atoms with Crippen LogP contribution >= 0.6 is 11.6 Å². The monoisotopic (exact) mass is 218 g/mol. The minimum Gasteiger partial charge on any atom is -0.483 e. The number of nitrogens with zero attached hydrogens (tertiary/aromatic N) is 1. The molecule has 0 aliphatic rings. The summed E-state index contributed by atoms with van der Waals surface area (Å²) < 4.78 is 9.07. The number of halogens is 1. The van der Waals surface area contributed by atoms with Crippen LogP contribution in [0.25, 0.3) is 0 Å². The zero-order valence-corrected chi connectivity index (χ0v) is 8.67. The van der Waals surface area contributed by atoms with Crippen molar-refractivity contribution >= 4 is 23.3 Å². The van der Waals surface area contributed by atoms with Gasteiger partial charge in [-0.3, -0.25) is 0 Å². The lowest BCUT2D eigenvalue weighted by Crippen LogP contribution is -2.16. The summed E-state index contributed by atoms with van der Waals surface area (Å²) in [5, 5.41) is -0.0504. The molecule has 0 amide bonds. The van der Waals surface area contributed by atoms with E-state index in [9.17, 15) is 4.79 Å². The maximum Gasteiger partial charge on any atom is 0.356 e. The molecule has 78 valence electrons. The van der Waals surface area contributed by atoms with Crippen molar-refractivity contribution in [3.63, 3.8) is 0 Å². The van der Waals surface area contributed by atoms with Crippen LogP contribution in [-0.4, -0.2) is 25.9 Å². The Morgan fingerprint density at radius 3 is 2.43 bits per heavy atom. The Balaban J connectivity index is 4.93. The first-order valence-electron chi connectivity index (χ1n) is 3.53. The first-order chi connectivity index (χ1) is 6.51. The molecule has 0 saturated carbocycles. The second kappa shape index (κ2) is 6.04. The smallest absolute Gasteiger partial charge is 0.356 e. The molecule has 6 heteroatoms. The molecule has 0 aromatic carbocycles. The van der Waals surface area contributed by atoms with Crippen LogP contribution in [0.4, 0.5) is 0 Å². The molecule has 0 heterocycles. The van der Waals surface area contributed by atoms with Crippen LogP contribution in [-0.2, 0) is 14.3 Å². The minimum absolute atomic E-state index is 0.0204. The van der Waals surface area contributed by atoms with E-state index >= 15 is 0 Å². The topological polar surface area (TPSA) is 73.9 Å². The zero-order valence-electron chi connectivity index (χ0n) is 7.91. The van der Waals surface area contributed by atoms with Gasteiger partial charge in [0.1, 0.15) is 5.16 Å².